The summed E-state index contributed by atoms with van der Waals surface area (Å²) < 4.78 is 42.3. The van der Waals surface area contributed by atoms with Crippen molar-refractivity contribution in [3.8, 4) is 11.3 Å². The highest BCUT2D eigenvalue weighted by Crippen LogP contribution is 2.28. The number of halogens is 3. The molecule has 0 aromatic carbocycles. The predicted molar refractivity (Wildman–Crippen MR) is 73.2 cm³/mol. The Morgan fingerprint density at radius 2 is 1.95 bits per heavy atom. The van der Waals surface area contributed by atoms with Crippen LogP contribution in [0.2, 0.25) is 0 Å². The average Bonchev–Trinajstić information content (AvgIpc) is 2.46. The van der Waals surface area contributed by atoms with Crippen LogP contribution in [0.4, 0.5) is 13.2 Å². The molecular formula is C15H13F3N2O2. The number of esters is 1. The highest BCUT2D eigenvalue weighted by Gasteiger charge is 2.32. The van der Waals surface area contributed by atoms with Gasteiger partial charge in [0.2, 0.25) is 0 Å². The molecule has 0 bridgehead atoms. The van der Waals surface area contributed by atoms with Gasteiger partial charge in [0.05, 0.1) is 23.6 Å². The Balaban J connectivity index is 2.30. The van der Waals surface area contributed by atoms with Gasteiger partial charge in [0.15, 0.2) is 0 Å². The zero-order chi connectivity index (χ0) is 16.3. The molecule has 0 aliphatic heterocycles. The molecule has 2 aromatic rings. The molecule has 0 fully saturated rings. The number of nitrogens with zero attached hydrogens (tertiary/aromatic N) is 2. The Morgan fingerprint density at radius 3 is 2.45 bits per heavy atom. The standard InChI is InChI=1S/C15H13F3N2O2/c1-3-22-14(21)11-5-6-12(20-9(11)2)10-4-7-13(19-8-10)15(16,17)18/h4-8H,3H2,1-2H3. The van der Waals surface area contributed by atoms with Crippen molar-refractivity contribution < 1.29 is 22.7 Å². The summed E-state index contributed by atoms with van der Waals surface area (Å²) in [4.78, 5) is 19.3. The van der Waals surface area contributed by atoms with Crippen LogP contribution in [-0.2, 0) is 10.9 Å². The van der Waals surface area contributed by atoms with E-state index < -0.39 is 17.8 Å². The Hall–Kier alpha value is -2.44. The monoisotopic (exact) mass is 310 g/mol. The molecule has 0 atom stereocenters. The van der Waals surface area contributed by atoms with Gasteiger partial charge >= 0.3 is 12.1 Å². The third-order valence-corrected chi connectivity index (χ3v) is 2.93. The van der Waals surface area contributed by atoms with Gasteiger partial charge in [0.1, 0.15) is 5.69 Å². The summed E-state index contributed by atoms with van der Waals surface area (Å²) in [5, 5.41) is 0. The van der Waals surface area contributed by atoms with Crippen LogP contribution in [0.3, 0.4) is 0 Å². The van der Waals surface area contributed by atoms with Gasteiger partial charge < -0.3 is 4.74 Å². The number of aromatic nitrogens is 2. The van der Waals surface area contributed by atoms with E-state index in [2.05, 4.69) is 9.97 Å². The first-order chi connectivity index (χ1) is 10.3. The van der Waals surface area contributed by atoms with Gasteiger partial charge in [-0.25, -0.2) is 4.79 Å². The Kier molecular flexibility index (Phi) is 4.44. The molecule has 0 amide bonds. The third kappa shape index (κ3) is 3.41. The zero-order valence-electron chi connectivity index (χ0n) is 11.9. The maximum atomic E-state index is 12.5. The fraction of sp³-hybridized carbons (Fsp3) is 0.267. The van der Waals surface area contributed by atoms with Crippen LogP contribution in [0.25, 0.3) is 11.3 Å². The Labute approximate surface area is 125 Å². The number of carbonyl (C=O) groups is 1. The van der Waals surface area contributed by atoms with Crippen LogP contribution < -0.4 is 0 Å². The Bertz CT molecular complexity index is 682. The highest BCUT2D eigenvalue weighted by atomic mass is 19.4. The number of carbonyl (C=O) groups excluding carboxylic acids is 1. The summed E-state index contributed by atoms with van der Waals surface area (Å²) in [6.45, 7) is 3.58. The number of ether oxygens (including phenoxy) is 1. The molecule has 2 rings (SSSR count). The second kappa shape index (κ2) is 6.13. The molecule has 4 nitrogen and oxygen atoms in total. The van der Waals surface area contributed by atoms with E-state index in [0.717, 1.165) is 12.3 Å². The minimum absolute atomic E-state index is 0.253. The number of aryl methyl sites for hydroxylation is 1. The largest absolute Gasteiger partial charge is 0.462 e. The summed E-state index contributed by atoms with van der Waals surface area (Å²) in [6, 6.07) is 5.27. The van der Waals surface area contributed by atoms with E-state index in [1.54, 1.807) is 19.9 Å². The average molecular weight is 310 g/mol. The Morgan fingerprint density at radius 1 is 1.23 bits per heavy atom. The second-order valence-electron chi connectivity index (χ2n) is 4.48. The number of alkyl halides is 3. The molecule has 116 valence electrons. The van der Waals surface area contributed by atoms with E-state index in [-0.39, 0.29) is 6.61 Å². The van der Waals surface area contributed by atoms with E-state index in [4.69, 9.17) is 4.74 Å². The molecule has 0 aliphatic rings. The summed E-state index contributed by atoms with van der Waals surface area (Å²) >= 11 is 0. The molecule has 0 N–H and O–H groups in total. The topological polar surface area (TPSA) is 52.1 Å². The van der Waals surface area contributed by atoms with Gasteiger partial charge in [-0.05, 0) is 38.1 Å². The van der Waals surface area contributed by atoms with Crippen LogP contribution >= 0.6 is 0 Å². The minimum atomic E-state index is -4.48. The van der Waals surface area contributed by atoms with Crippen molar-refractivity contribution in [1.29, 1.82) is 0 Å². The number of hydrogen-bond acceptors (Lipinski definition) is 4. The van der Waals surface area contributed by atoms with E-state index >= 15 is 0 Å². The molecule has 0 spiro atoms. The van der Waals surface area contributed by atoms with Crippen molar-refractivity contribution in [1.82, 2.24) is 9.97 Å². The van der Waals surface area contributed by atoms with E-state index in [1.165, 1.54) is 12.1 Å². The molecule has 0 unspecified atom stereocenters. The van der Waals surface area contributed by atoms with Gasteiger partial charge in [-0.1, -0.05) is 0 Å². The van der Waals surface area contributed by atoms with Gasteiger partial charge in [-0.2, -0.15) is 13.2 Å². The maximum Gasteiger partial charge on any atom is 0.433 e. The molecule has 0 saturated heterocycles. The van der Waals surface area contributed by atoms with E-state index in [0.29, 0.717) is 22.5 Å². The molecule has 0 aliphatic carbocycles. The van der Waals surface area contributed by atoms with Crippen molar-refractivity contribution >= 4 is 5.97 Å². The lowest BCUT2D eigenvalue weighted by atomic mass is 10.1. The van der Waals surface area contributed by atoms with E-state index in [1.807, 2.05) is 0 Å². The summed E-state index contributed by atoms with van der Waals surface area (Å²) in [5.74, 6) is -0.482. The van der Waals surface area contributed by atoms with Gasteiger partial charge in [-0.15, -0.1) is 0 Å². The second-order valence-corrected chi connectivity index (χ2v) is 4.48. The molecule has 2 heterocycles. The third-order valence-electron chi connectivity index (χ3n) is 2.93. The van der Waals surface area contributed by atoms with Crippen LogP contribution in [0.5, 0.6) is 0 Å². The predicted octanol–water partition coefficient (Wildman–Crippen LogP) is 3.65. The van der Waals surface area contributed by atoms with Crippen LogP contribution in [0, 0.1) is 6.92 Å². The summed E-state index contributed by atoms with van der Waals surface area (Å²) in [6.07, 6.45) is -3.37. The molecule has 0 radical (unpaired) electrons. The van der Waals surface area contributed by atoms with Gasteiger partial charge in [-0.3, -0.25) is 9.97 Å². The molecule has 0 saturated carbocycles. The first-order valence-corrected chi connectivity index (χ1v) is 6.51. The lowest BCUT2D eigenvalue weighted by Gasteiger charge is -2.08. The van der Waals surface area contributed by atoms with Crippen molar-refractivity contribution in [2.75, 3.05) is 6.61 Å². The molecule has 2 aromatic heterocycles. The normalized spacial score (nSPS) is 11.3. The zero-order valence-corrected chi connectivity index (χ0v) is 11.9. The number of pyridine rings is 2. The van der Waals surface area contributed by atoms with Crippen molar-refractivity contribution in [2.45, 2.75) is 20.0 Å². The fourth-order valence-electron chi connectivity index (χ4n) is 1.86. The number of hydrogen-bond donors (Lipinski definition) is 0. The summed E-state index contributed by atoms with van der Waals surface area (Å²) in [7, 11) is 0. The maximum absolute atomic E-state index is 12.5. The first kappa shape index (κ1) is 15.9. The number of rotatable bonds is 3. The smallest absolute Gasteiger partial charge is 0.433 e. The van der Waals surface area contributed by atoms with Gasteiger partial charge in [0, 0.05) is 11.8 Å². The fourth-order valence-corrected chi connectivity index (χ4v) is 1.86. The summed E-state index contributed by atoms with van der Waals surface area (Å²) in [5.41, 5.74) is 0.677. The highest BCUT2D eigenvalue weighted by molar-refractivity contribution is 5.90. The van der Waals surface area contributed by atoms with Crippen LogP contribution in [0.15, 0.2) is 30.5 Å². The quantitative estimate of drug-likeness (QED) is 0.812. The van der Waals surface area contributed by atoms with Crippen LogP contribution in [-0.4, -0.2) is 22.5 Å². The lowest BCUT2D eigenvalue weighted by Crippen LogP contribution is -2.09. The SMILES string of the molecule is CCOC(=O)c1ccc(-c2ccc(C(F)(F)F)nc2)nc1C. The van der Waals surface area contributed by atoms with Crippen LogP contribution in [0.1, 0.15) is 28.7 Å². The minimum Gasteiger partial charge on any atom is -0.462 e. The first-order valence-electron chi connectivity index (χ1n) is 6.51. The van der Waals surface area contributed by atoms with Crippen molar-refractivity contribution in [3.63, 3.8) is 0 Å². The lowest BCUT2D eigenvalue weighted by molar-refractivity contribution is -0.141. The van der Waals surface area contributed by atoms with Gasteiger partial charge in [0.25, 0.3) is 0 Å². The van der Waals surface area contributed by atoms with Crippen molar-refractivity contribution in [3.05, 3.63) is 47.4 Å². The molecular weight excluding hydrogens is 297 g/mol. The molecule has 22 heavy (non-hydrogen) atoms. The van der Waals surface area contributed by atoms with E-state index in [9.17, 15) is 18.0 Å². The van der Waals surface area contributed by atoms with Crippen molar-refractivity contribution in [2.24, 2.45) is 0 Å². The molecule has 7 heteroatoms.